The van der Waals surface area contributed by atoms with E-state index in [1.807, 2.05) is 121 Å². The molecule has 4 N–H and O–H groups in total. The number of aliphatic hydroxyl groups is 1. The molecule has 1 aliphatic heterocycles. The minimum absolute atomic E-state index is 0.0168. The Kier molecular flexibility index (Phi) is 13.9. The summed E-state index contributed by atoms with van der Waals surface area (Å²) in [6.07, 6.45) is -0.754. The van der Waals surface area contributed by atoms with Gasteiger partial charge in [-0.05, 0) is 69.8 Å². The number of urea groups is 1. The minimum Gasteiger partial charge on any atom is -0.467 e. The van der Waals surface area contributed by atoms with E-state index in [4.69, 9.17) is 14.2 Å². The fourth-order valence-corrected chi connectivity index (χ4v) is 7.70. The van der Waals surface area contributed by atoms with Gasteiger partial charge in [0, 0.05) is 47.7 Å². The average molecular weight is 774 g/mol. The topological polar surface area (TPSA) is 135 Å². The van der Waals surface area contributed by atoms with E-state index in [0.29, 0.717) is 12.2 Å². The van der Waals surface area contributed by atoms with Gasteiger partial charge in [0.1, 0.15) is 6.04 Å². The quantitative estimate of drug-likeness (QED) is 0.0660. The number of carbonyl (C=O) groups excluding carboxylic acids is 3. The van der Waals surface area contributed by atoms with Gasteiger partial charge in [0.15, 0.2) is 6.29 Å². The van der Waals surface area contributed by atoms with Gasteiger partial charge in [0.2, 0.25) is 5.91 Å². The lowest BCUT2D eigenvalue weighted by atomic mass is 9.91. The van der Waals surface area contributed by atoms with Crippen LogP contribution in [0.3, 0.4) is 0 Å². The van der Waals surface area contributed by atoms with Gasteiger partial charge in [-0.25, -0.2) is 9.59 Å². The van der Waals surface area contributed by atoms with Gasteiger partial charge in [0.25, 0.3) is 0 Å². The van der Waals surface area contributed by atoms with Gasteiger partial charge < -0.3 is 35.3 Å². The molecule has 0 spiro atoms. The molecule has 290 valence electrons. The first kappa shape index (κ1) is 40.2. The van der Waals surface area contributed by atoms with Crippen LogP contribution in [0.15, 0.2) is 132 Å². The molecule has 0 bridgehead atoms. The van der Waals surface area contributed by atoms with E-state index in [2.05, 4.69) is 28.9 Å². The molecule has 3 amide bonds. The van der Waals surface area contributed by atoms with Gasteiger partial charge in [-0.3, -0.25) is 4.79 Å². The molecule has 0 aromatic heterocycles. The zero-order chi connectivity index (χ0) is 39.4. The Morgan fingerprint density at radius 3 is 2.18 bits per heavy atom. The van der Waals surface area contributed by atoms with E-state index in [0.717, 1.165) is 49.5 Å². The van der Waals surface area contributed by atoms with Crippen molar-refractivity contribution in [2.75, 3.05) is 18.2 Å². The first-order chi connectivity index (χ1) is 27.2. The molecule has 5 atom stereocenters. The SMILES string of the molecule is COC(=O)C(Cc1ccccc1)NC(=O)NCc1cccc(-c2cccc(C3OC(CSc4ccc(NC(C)=O)cc4)C(C)C(c4ccc(CO)cc4)O3)c2)c1. The van der Waals surface area contributed by atoms with Crippen molar-refractivity contribution in [3.63, 3.8) is 0 Å². The number of hydrogen-bond acceptors (Lipinski definition) is 8. The molecule has 1 saturated heterocycles. The number of hydrogen-bond donors (Lipinski definition) is 4. The van der Waals surface area contributed by atoms with E-state index >= 15 is 0 Å². The third kappa shape index (κ3) is 10.9. The number of carbonyl (C=O) groups is 3. The van der Waals surface area contributed by atoms with E-state index in [9.17, 15) is 19.5 Å². The van der Waals surface area contributed by atoms with Gasteiger partial charge in [0.05, 0.1) is 25.9 Å². The van der Waals surface area contributed by atoms with E-state index in [-0.39, 0.29) is 37.2 Å². The first-order valence-electron chi connectivity index (χ1n) is 18.6. The molecule has 0 aliphatic carbocycles. The van der Waals surface area contributed by atoms with E-state index < -0.39 is 24.3 Å². The molecule has 5 aromatic rings. The number of benzene rings is 5. The number of nitrogens with one attached hydrogen (secondary N) is 3. The summed E-state index contributed by atoms with van der Waals surface area (Å²) < 4.78 is 18.4. The van der Waals surface area contributed by atoms with Crippen LogP contribution >= 0.6 is 11.8 Å². The maximum absolute atomic E-state index is 12.9. The maximum Gasteiger partial charge on any atom is 0.328 e. The van der Waals surface area contributed by atoms with Crippen LogP contribution in [-0.4, -0.2) is 48.0 Å². The third-order valence-electron chi connectivity index (χ3n) is 9.66. The predicted molar refractivity (Wildman–Crippen MR) is 218 cm³/mol. The predicted octanol–water partition coefficient (Wildman–Crippen LogP) is 7.97. The zero-order valence-electron chi connectivity index (χ0n) is 31.6. The van der Waals surface area contributed by atoms with Crippen molar-refractivity contribution in [2.24, 2.45) is 5.92 Å². The molecule has 10 nitrogen and oxygen atoms in total. The molecule has 5 unspecified atom stereocenters. The lowest BCUT2D eigenvalue weighted by Crippen LogP contribution is -2.47. The number of thioether (sulfide) groups is 1. The lowest BCUT2D eigenvalue weighted by Gasteiger charge is -2.41. The van der Waals surface area contributed by atoms with Crippen molar-refractivity contribution < 1.29 is 33.7 Å². The standard InChI is InChI=1S/C45H47N3O7S/c1-29-41(28-56-39-21-19-38(20-22-39)47-30(2)50)54-44(55-42(29)34-17-15-32(27-49)16-18-34)37-14-8-13-36(25-37)35-12-7-11-33(23-35)26-46-45(52)48-40(43(51)53-3)24-31-9-5-4-6-10-31/h4-23,25,29,40-42,44,49H,24,26-28H2,1-3H3,(H,47,50)(H2,46,48,52). The molecule has 5 aromatic carbocycles. The van der Waals surface area contributed by atoms with Crippen molar-refractivity contribution in [1.82, 2.24) is 10.6 Å². The van der Waals surface area contributed by atoms with Crippen LogP contribution < -0.4 is 16.0 Å². The minimum atomic E-state index is -0.830. The molecular weight excluding hydrogens is 727 g/mol. The molecule has 11 heteroatoms. The number of amides is 3. The van der Waals surface area contributed by atoms with Crippen LogP contribution in [0.25, 0.3) is 11.1 Å². The van der Waals surface area contributed by atoms with E-state index in [1.165, 1.54) is 14.0 Å². The number of rotatable bonds is 14. The Bertz CT molecular complexity index is 2080. The summed E-state index contributed by atoms with van der Waals surface area (Å²) in [5.74, 6) is 0.0690. The zero-order valence-corrected chi connectivity index (χ0v) is 32.5. The van der Waals surface area contributed by atoms with Crippen LogP contribution in [0.1, 0.15) is 54.1 Å². The van der Waals surface area contributed by atoms with Gasteiger partial charge in [-0.2, -0.15) is 0 Å². The monoisotopic (exact) mass is 773 g/mol. The Balaban J connectivity index is 1.15. The largest absolute Gasteiger partial charge is 0.467 e. The van der Waals surface area contributed by atoms with Crippen molar-refractivity contribution in [1.29, 1.82) is 0 Å². The number of ether oxygens (including phenoxy) is 3. The molecule has 56 heavy (non-hydrogen) atoms. The maximum atomic E-state index is 12.9. The molecule has 1 fully saturated rings. The average Bonchev–Trinajstić information content (AvgIpc) is 3.23. The summed E-state index contributed by atoms with van der Waals surface area (Å²) in [6.45, 7) is 3.84. The Labute approximate surface area is 332 Å². The molecular formula is C45H47N3O7S. The summed E-state index contributed by atoms with van der Waals surface area (Å²) in [5, 5.41) is 18.1. The van der Waals surface area contributed by atoms with Crippen molar-refractivity contribution in [2.45, 2.75) is 62.9 Å². The molecule has 0 radical (unpaired) electrons. The second kappa shape index (κ2) is 19.4. The normalized spacial score (nSPS) is 18.4. The Morgan fingerprint density at radius 2 is 1.48 bits per heavy atom. The van der Waals surface area contributed by atoms with Crippen molar-refractivity contribution >= 4 is 35.4 Å². The number of anilines is 1. The summed E-state index contributed by atoms with van der Waals surface area (Å²) in [6, 6.07) is 39.8. The van der Waals surface area contributed by atoms with Crippen LogP contribution in [0.5, 0.6) is 0 Å². The second-order valence-electron chi connectivity index (χ2n) is 13.8. The van der Waals surface area contributed by atoms with Crippen molar-refractivity contribution in [3.8, 4) is 11.1 Å². The molecule has 6 rings (SSSR count). The fourth-order valence-electron chi connectivity index (χ4n) is 6.63. The summed E-state index contributed by atoms with van der Waals surface area (Å²) >= 11 is 1.69. The second-order valence-corrected chi connectivity index (χ2v) is 14.9. The fraction of sp³-hybridized carbons (Fsp3) is 0.267. The van der Waals surface area contributed by atoms with E-state index in [1.54, 1.807) is 11.8 Å². The Morgan fingerprint density at radius 1 is 0.786 bits per heavy atom. The third-order valence-corrected chi connectivity index (χ3v) is 10.8. The molecule has 1 heterocycles. The van der Waals surface area contributed by atoms with Crippen LogP contribution in [0.4, 0.5) is 10.5 Å². The lowest BCUT2D eigenvalue weighted by molar-refractivity contribution is -0.268. The highest BCUT2D eigenvalue weighted by atomic mass is 32.2. The summed E-state index contributed by atoms with van der Waals surface area (Å²) in [4.78, 5) is 37.9. The van der Waals surface area contributed by atoms with Crippen LogP contribution in [-0.2, 0) is 43.4 Å². The number of esters is 1. The van der Waals surface area contributed by atoms with Gasteiger partial charge in [-0.1, -0.05) is 97.9 Å². The number of aliphatic hydroxyl groups excluding tert-OH is 1. The van der Waals surface area contributed by atoms with Gasteiger partial charge >= 0.3 is 12.0 Å². The highest BCUT2D eigenvalue weighted by Crippen LogP contribution is 2.43. The van der Waals surface area contributed by atoms with Crippen LogP contribution in [0.2, 0.25) is 0 Å². The molecule has 0 saturated carbocycles. The molecule has 1 aliphatic rings. The van der Waals surface area contributed by atoms with Crippen molar-refractivity contribution in [3.05, 3.63) is 155 Å². The Hall–Kier alpha value is -5.46. The van der Waals surface area contributed by atoms with Gasteiger partial charge in [-0.15, -0.1) is 11.8 Å². The number of methoxy groups -OCH3 is 1. The highest BCUT2D eigenvalue weighted by molar-refractivity contribution is 7.99. The van der Waals surface area contributed by atoms with Crippen LogP contribution in [0, 0.1) is 5.92 Å². The first-order valence-corrected chi connectivity index (χ1v) is 19.5. The highest BCUT2D eigenvalue weighted by Gasteiger charge is 2.38. The smallest absolute Gasteiger partial charge is 0.328 e. The summed E-state index contributed by atoms with van der Waals surface area (Å²) in [7, 11) is 1.31. The summed E-state index contributed by atoms with van der Waals surface area (Å²) in [5.41, 5.74) is 7.17.